The lowest BCUT2D eigenvalue weighted by Gasteiger charge is -2.27. The molecule has 4 nitrogen and oxygen atoms in total. The lowest BCUT2D eigenvalue weighted by atomic mass is 9.94. The van der Waals surface area contributed by atoms with Crippen LogP contribution in [0.3, 0.4) is 0 Å². The minimum Gasteiger partial charge on any atom is -0.381 e. The maximum atomic E-state index is 12.9. The lowest BCUT2D eigenvalue weighted by Crippen LogP contribution is -2.37. The van der Waals surface area contributed by atoms with Gasteiger partial charge in [0, 0.05) is 25.2 Å². The van der Waals surface area contributed by atoms with Crippen LogP contribution >= 0.6 is 0 Å². The third-order valence-electron chi connectivity index (χ3n) is 4.82. The molecule has 1 aromatic rings. The second-order valence-corrected chi connectivity index (χ2v) is 8.28. The Morgan fingerprint density at radius 1 is 1.22 bits per heavy atom. The van der Waals surface area contributed by atoms with Crippen LogP contribution in [-0.2, 0) is 10.0 Å². The van der Waals surface area contributed by atoms with E-state index in [1.165, 1.54) is 16.8 Å². The highest BCUT2D eigenvalue weighted by Gasteiger charge is 2.36. The van der Waals surface area contributed by atoms with Gasteiger partial charge in [-0.3, -0.25) is 0 Å². The van der Waals surface area contributed by atoms with E-state index in [2.05, 4.69) is 23.5 Å². The molecule has 3 aliphatic rings. The number of sulfonamides is 1. The Morgan fingerprint density at radius 3 is 2.78 bits per heavy atom. The molecule has 5 heteroatoms. The molecular formula is C18H20N2O2S. The number of benzene rings is 1. The van der Waals surface area contributed by atoms with Crippen molar-refractivity contribution in [1.29, 1.82) is 0 Å². The topological polar surface area (TPSA) is 49.4 Å². The zero-order valence-electron chi connectivity index (χ0n) is 13.1. The average Bonchev–Trinajstić information content (AvgIpc) is 2.93. The molecule has 0 saturated carbocycles. The van der Waals surface area contributed by atoms with E-state index in [4.69, 9.17) is 0 Å². The van der Waals surface area contributed by atoms with Crippen LogP contribution in [0.5, 0.6) is 0 Å². The summed E-state index contributed by atoms with van der Waals surface area (Å²) in [6.07, 6.45) is 8.07. The second kappa shape index (κ2) is 5.35. The summed E-state index contributed by atoms with van der Waals surface area (Å²) in [6, 6.07) is 7.43. The minimum atomic E-state index is -3.43. The minimum absolute atomic E-state index is 0.326. The monoisotopic (exact) mass is 328 g/mol. The van der Waals surface area contributed by atoms with Crippen LogP contribution in [0.4, 0.5) is 0 Å². The van der Waals surface area contributed by atoms with Crippen molar-refractivity contribution in [1.82, 2.24) is 9.62 Å². The summed E-state index contributed by atoms with van der Waals surface area (Å²) in [4.78, 5) is 0.382. The van der Waals surface area contributed by atoms with Crippen LogP contribution in [0.25, 0.3) is 0 Å². The van der Waals surface area contributed by atoms with Gasteiger partial charge >= 0.3 is 0 Å². The van der Waals surface area contributed by atoms with E-state index in [0.717, 1.165) is 18.4 Å². The maximum absolute atomic E-state index is 12.9. The van der Waals surface area contributed by atoms with Crippen molar-refractivity contribution in [3.8, 4) is 0 Å². The van der Waals surface area contributed by atoms with E-state index in [-0.39, 0.29) is 0 Å². The van der Waals surface area contributed by atoms with Crippen molar-refractivity contribution in [2.24, 2.45) is 0 Å². The first-order valence-electron chi connectivity index (χ1n) is 7.98. The number of nitrogens with zero attached hydrogens (tertiary/aromatic N) is 1. The Hall–Kier alpha value is -1.85. The molecule has 2 aliphatic heterocycles. The summed E-state index contributed by atoms with van der Waals surface area (Å²) in [7, 11) is -3.43. The Labute approximate surface area is 137 Å². The van der Waals surface area contributed by atoms with Gasteiger partial charge in [-0.25, -0.2) is 8.42 Å². The van der Waals surface area contributed by atoms with E-state index < -0.39 is 10.0 Å². The standard InChI is InChI=1S/C18H20N2O2S/c1-13-6-8-14(9-7-13)23(21,22)20-11-10-18-16(12-20)15-4-2-3-5-17(15)19-18/h2-4,6-9,17,19H,5,10-12H2,1H3. The van der Waals surface area contributed by atoms with Gasteiger partial charge in [-0.15, -0.1) is 0 Å². The molecule has 0 amide bonds. The van der Waals surface area contributed by atoms with Gasteiger partial charge in [-0.2, -0.15) is 4.31 Å². The van der Waals surface area contributed by atoms with Gasteiger partial charge in [-0.05, 0) is 36.6 Å². The van der Waals surface area contributed by atoms with E-state index in [1.54, 1.807) is 16.4 Å². The largest absolute Gasteiger partial charge is 0.381 e. The van der Waals surface area contributed by atoms with Gasteiger partial charge in [-0.1, -0.05) is 35.9 Å². The molecule has 1 aromatic carbocycles. The Kier molecular flexibility index (Phi) is 3.43. The molecule has 0 bridgehead atoms. The smallest absolute Gasteiger partial charge is 0.243 e. The number of aryl methyl sites for hydroxylation is 1. The van der Waals surface area contributed by atoms with Crippen LogP contribution in [0.1, 0.15) is 18.4 Å². The van der Waals surface area contributed by atoms with E-state index in [1.807, 2.05) is 19.1 Å². The van der Waals surface area contributed by atoms with E-state index in [0.29, 0.717) is 24.0 Å². The summed E-state index contributed by atoms with van der Waals surface area (Å²) in [5.41, 5.74) is 4.71. The zero-order chi connectivity index (χ0) is 16.0. The third-order valence-corrected chi connectivity index (χ3v) is 6.68. The number of allylic oxidation sites excluding steroid dienone is 2. The van der Waals surface area contributed by atoms with Gasteiger partial charge in [0.05, 0.1) is 10.9 Å². The van der Waals surface area contributed by atoms with Crippen molar-refractivity contribution in [2.75, 3.05) is 13.1 Å². The van der Waals surface area contributed by atoms with Crippen molar-refractivity contribution >= 4 is 10.0 Å². The fourth-order valence-corrected chi connectivity index (χ4v) is 4.92. The van der Waals surface area contributed by atoms with E-state index >= 15 is 0 Å². The van der Waals surface area contributed by atoms with Gasteiger partial charge in [0.15, 0.2) is 0 Å². The summed E-state index contributed by atoms with van der Waals surface area (Å²) in [6.45, 7) is 2.96. The van der Waals surface area contributed by atoms with Crippen LogP contribution in [0.2, 0.25) is 0 Å². The molecule has 1 unspecified atom stereocenters. The summed E-state index contributed by atoms with van der Waals surface area (Å²) < 4.78 is 27.4. The van der Waals surface area contributed by atoms with E-state index in [9.17, 15) is 8.42 Å². The quantitative estimate of drug-likeness (QED) is 0.907. The average molecular weight is 328 g/mol. The Bertz CT molecular complexity index is 832. The molecule has 0 fully saturated rings. The van der Waals surface area contributed by atoms with Gasteiger partial charge in [0.1, 0.15) is 0 Å². The number of nitrogens with one attached hydrogen (secondary N) is 1. The molecule has 23 heavy (non-hydrogen) atoms. The van der Waals surface area contributed by atoms with Crippen molar-refractivity contribution < 1.29 is 8.42 Å². The number of rotatable bonds is 2. The first-order chi connectivity index (χ1) is 11.1. The number of hydrogen-bond donors (Lipinski definition) is 1. The van der Waals surface area contributed by atoms with Gasteiger partial charge in [0.25, 0.3) is 0 Å². The molecule has 0 spiro atoms. The second-order valence-electron chi connectivity index (χ2n) is 6.34. The molecule has 1 N–H and O–H groups in total. The van der Waals surface area contributed by atoms with Crippen molar-refractivity contribution in [2.45, 2.75) is 30.7 Å². The molecule has 1 aliphatic carbocycles. The molecule has 4 rings (SSSR count). The Morgan fingerprint density at radius 2 is 2.00 bits per heavy atom. The van der Waals surface area contributed by atoms with Crippen LogP contribution < -0.4 is 5.32 Å². The molecule has 0 saturated heterocycles. The Balaban J connectivity index is 1.64. The lowest BCUT2D eigenvalue weighted by molar-refractivity contribution is 0.421. The first kappa shape index (κ1) is 14.7. The van der Waals surface area contributed by atoms with Gasteiger partial charge < -0.3 is 5.32 Å². The normalized spacial score (nSPS) is 24.0. The molecule has 120 valence electrons. The highest BCUT2D eigenvalue weighted by Crippen LogP contribution is 2.35. The summed E-state index contributed by atoms with van der Waals surface area (Å²) >= 11 is 0. The van der Waals surface area contributed by atoms with Gasteiger partial charge in [0.2, 0.25) is 10.0 Å². The third kappa shape index (κ3) is 2.44. The van der Waals surface area contributed by atoms with Crippen LogP contribution in [0.15, 0.2) is 64.2 Å². The molecule has 1 atom stereocenters. The molecule has 0 radical (unpaired) electrons. The predicted octanol–water partition coefficient (Wildman–Crippen LogP) is 2.50. The first-order valence-corrected chi connectivity index (χ1v) is 9.42. The van der Waals surface area contributed by atoms with Crippen molar-refractivity contribution in [3.63, 3.8) is 0 Å². The highest BCUT2D eigenvalue weighted by molar-refractivity contribution is 7.89. The predicted molar refractivity (Wildman–Crippen MR) is 90.3 cm³/mol. The molecule has 0 aromatic heterocycles. The zero-order valence-corrected chi connectivity index (χ0v) is 13.9. The highest BCUT2D eigenvalue weighted by atomic mass is 32.2. The fraction of sp³-hybridized carbons (Fsp3) is 0.333. The van der Waals surface area contributed by atoms with Crippen molar-refractivity contribution in [3.05, 3.63) is 64.9 Å². The van der Waals surface area contributed by atoms with Crippen LogP contribution in [0, 0.1) is 6.92 Å². The summed E-state index contributed by atoms with van der Waals surface area (Å²) in [5.74, 6) is 0. The molecular weight excluding hydrogens is 308 g/mol. The van der Waals surface area contributed by atoms with Crippen LogP contribution in [-0.4, -0.2) is 31.9 Å². The molecule has 2 heterocycles. The fourth-order valence-electron chi connectivity index (χ4n) is 3.51. The maximum Gasteiger partial charge on any atom is 0.243 e. The summed E-state index contributed by atoms with van der Waals surface area (Å²) in [5, 5.41) is 3.55. The number of hydrogen-bond acceptors (Lipinski definition) is 3. The SMILES string of the molecule is Cc1ccc(S(=O)(=O)N2CCC3=C(C2)C2=CC=CCC2N3)cc1. The number of fused-ring (bicyclic) bond motifs is 2.